The molecular formula is C16H24N2O. The predicted molar refractivity (Wildman–Crippen MR) is 79.6 cm³/mol. The van der Waals surface area contributed by atoms with Crippen molar-refractivity contribution in [2.75, 3.05) is 11.9 Å². The third-order valence-electron chi connectivity index (χ3n) is 4.19. The van der Waals surface area contributed by atoms with Gasteiger partial charge in [0, 0.05) is 23.8 Å². The summed E-state index contributed by atoms with van der Waals surface area (Å²) >= 11 is 0. The van der Waals surface area contributed by atoms with Crippen molar-refractivity contribution in [1.29, 1.82) is 0 Å². The lowest BCUT2D eigenvalue weighted by Gasteiger charge is -2.22. The molecule has 3 nitrogen and oxygen atoms in total. The summed E-state index contributed by atoms with van der Waals surface area (Å²) in [5.74, 6) is 0.606. The van der Waals surface area contributed by atoms with Crippen LogP contribution in [0.1, 0.15) is 49.5 Å². The second-order valence-electron chi connectivity index (χ2n) is 5.39. The van der Waals surface area contributed by atoms with E-state index in [4.69, 9.17) is 0 Å². The molecule has 2 rings (SSSR count). The molecule has 1 aliphatic rings. The van der Waals surface area contributed by atoms with E-state index >= 15 is 0 Å². The van der Waals surface area contributed by atoms with Gasteiger partial charge in [0.15, 0.2) is 0 Å². The van der Waals surface area contributed by atoms with Crippen LogP contribution in [0.3, 0.4) is 0 Å². The molecule has 0 spiro atoms. The Morgan fingerprint density at radius 3 is 2.79 bits per heavy atom. The highest BCUT2D eigenvalue weighted by molar-refractivity contribution is 5.95. The van der Waals surface area contributed by atoms with E-state index in [9.17, 15) is 4.79 Å². The van der Waals surface area contributed by atoms with E-state index in [1.54, 1.807) is 0 Å². The third kappa shape index (κ3) is 3.09. The maximum Gasteiger partial charge on any atom is 0.251 e. The lowest BCUT2D eigenvalue weighted by molar-refractivity contribution is 0.0925. The van der Waals surface area contributed by atoms with Gasteiger partial charge in [-0.05, 0) is 43.0 Å². The van der Waals surface area contributed by atoms with Crippen LogP contribution in [-0.4, -0.2) is 18.5 Å². The van der Waals surface area contributed by atoms with Gasteiger partial charge in [0.25, 0.3) is 5.91 Å². The molecular weight excluding hydrogens is 236 g/mol. The zero-order valence-corrected chi connectivity index (χ0v) is 12.1. The number of nitrogens with one attached hydrogen (secondary N) is 2. The van der Waals surface area contributed by atoms with Gasteiger partial charge in [-0.3, -0.25) is 4.79 Å². The fourth-order valence-corrected chi connectivity index (χ4v) is 2.85. The second-order valence-corrected chi connectivity index (χ2v) is 5.39. The van der Waals surface area contributed by atoms with Crippen LogP contribution < -0.4 is 10.6 Å². The zero-order chi connectivity index (χ0) is 13.8. The molecule has 1 unspecified atom stereocenters. The van der Waals surface area contributed by atoms with Crippen molar-refractivity contribution in [3.63, 3.8) is 0 Å². The second kappa shape index (κ2) is 6.09. The van der Waals surface area contributed by atoms with Gasteiger partial charge >= 0.3 is 0 Å². The van der Waals surface area contributed by atoms with Crippen molar-refractivity contribution in [2.24, 2.45) is 5.92 Å². The van der Waals surface area contributed by atoms with Crippen molar-refractivity contribution in [3.05, 3.63) is 29.3 Å². The first kappa shape index (κ1) is 13.9. The molecule has 104 valence electrons. The Bertz CT molecular complexity index is 452. The van der Waals surface area contributed by atoms with Crippen LogP contribution >= 0.6 is 0 Å². The highest BCUT2D eigenvalue weighted by Crippen LogP contribution is 2.23. The number of carbonyl (C=O) groups is 1. The maximum absolute atomic E-state index is 12.3. The molecule has 1 amide bonds. The molecule has 19 heavy (non-hydrogen) atoms. The van der Waals surface area contributed by atoms with E-state index < -0.39 is 0 Å². The summed E-state index contributed by atoms with van der Waals surface area (Å²) in [5, 5.41) is 6.44. The fraction of sp³-hybridized carbons (Fsp3) is 0.562. The fourth-order valence-electron chi connectivity index (χ4n) is 2.85. The Morgan fingerprint density at radius 2 is 2.11 bits per heavy atom. The molecule has 1 aromatic rings. The minimum absolute atomic E-state index is 0.0501. The largest absolute Gasteiger partial charge is 0.384 e. The Kier molecular flexibility index (Phi) is 4.46. The van der Waals surface area contributed by atoms with E-state index in [0.29, 0.717) is 5.92 Å². The summed E-state index contributed by atoms with van der Waals surface area (Å²) in [6.07, 6.45) is 3.22. The molecule has 0 aromatic heterocycles. The summed E-state index contributed by atoms with van der Waals surface area (Å²) in [6.45, 7) is 7.44. The number of benzene rings is 1. The first-order chi connectivity index (χ1) is 9.15. The van der Waals surface area contributed by atoms with Crippen LogP contribution in [-0.2, 0) is 6.42 Å². The third-order valence-corrected chi connectivity index (χ3v) is 4.19. The van der Waals surface area contributed by atoms with Crippen molar-refractivity contribution in [2.45, 2.75) is 46.1 Å². The number of anilines is 1. The maximum atomic E-state index is 12.3. The Hall–Kier alpha value is -1.51. The summed E-state index contributed by atoms with van der Waals surface area (Å²) in [6, 6.07) is 6.17. The molecule has 1 aliphatic heterocycles. The predicted octanol–water partition coefficient (Wildman–Crippen LogP) is 3.21. The average molecular weight is 260 g/mol. The standard InChI is InChI=1S/C16H24N2O/c1-4-12(5-2)11(3)18-16(19)14-6-7-15-13(10-14)8-9-17-15/h6-7,10-12,17H,4-5,8-9H2,1-3H3,(H,18,19). The van der Waals surface area contributed by atoms with Gasteiger partial charge in [-0.25, -0.2) is 0 Å². The highest BCUT2D eigenvalue weighted by Gasteiger charge is 2.18. The van der Waals surface area contributed by atoms with Gasteiger partial charge in [0.05, 0.1) is 0 Å². The Labute approximate surface area is 115 Å². The summed E-state index contributed by atoms with van der Waals surface area (Å²) in [7, 11) is 0. The topological polar surface area (TPSA) is 41.1 Å². The molecule has 0 radical (unpaired) electrons. The molecule has 1 heterocycles. The smallest absolute Gasteiger partial charge is 0.251 e. The average Bonchev–Trinajstić information content (AvgIpc) is 2.87. The first-order valence-corrected chi connectivity index (χ1v) is 7.33. The lowest BCUT2D eigenvalue weighted by atomic mass is 9.95. The first-order valence-electron chi connectivity index (χ1n) is 7.33. The number of hydrogen-bond acceptors (Lipinski definition) is 2. The van der Waals surface area contributed by atoms with Crippen LogP contribution in [0.5, 0.6) is 0 Å². The number of rotatable bonds is 5. The molecule has 2 N–H and O–H groups in total. The van der Waals surface area contributed by atoms with Crippen LogP contribution in [0, 0.1) is 5.92 Å². The normalized spacial score (nSPS) is 14.9. The number of amides is 1. The van der Waals surface area contributed by atoms with E-state index in [0.717, 1.165) is 31.4 Å². The number of carbonyl (C=O) groups excluding carboxylic acids is 1. The molecule has 0 saturated carbocycles. The zero-order valence-electron chi connectivity index (χ0n) is 12.1. The van der Waals surface area contributed by atoms with Crippen molar-refractivity contribution in [3.8, 4) is 0 Å². The molecule has 0 aliphatic carbocycles. The Balaban J connectivity index is 2.04. The minimum atomic E-state index is 0.0501. The van der Waals surface area contributed by atoms with Gasteiger partial charge in [-0.15, -0.1) is 0 Å². The van der Waals surface area contributed by atoms with E-state index in [1.165, 1.54) is 11.3 Å². The Morgan fingerprint density at radius 1 is 1.37 bits per heavy atom. The number of fused-ring (bicyclic) bond motifs is 1. The van der Waals surface area contributed by atoms with Gasteiger partial charge < -0.3 is 10.6 Å². The van der Waals surface area contributed by atoms with Gasteiger partial charge in [0.2, 0.25) is 0 Å². The molecule has 1 atom stereocenters. The van der Waals surface area contributed by atoms with Gasteiger partial charge in [-0.1, -0.05) is 26.7 Å². The van der Waals surface area contributed by atoms with Crippen LogP contribution in [0.25, 0.3) is 0 Å². The van der Waals surface area contributed by atoms with Crippen LogP contribution in [0.2, 0.25) is 0 Å². The molecule has 0 saturated heterocycles. The summed E-state index contributed by atoms with van der Waals surface area (Å²) < 4.78 is 0. The van der Waals surface area contributed by atoms with Crippen LogP contribution in [0.15, 0.2) is 18.2 Å². The molecule has 1 aromatic carbocycles. The van der Waals surface area contributed by atoms with Crippen LogP contribution in [0.4, 0.5) is 5.69 Å². The quantitative estimate of drug-likeness (QED) is 0.853. The van der Waals surface area contributed by atoms with Gasteiger partial charge in [0.1, 0.15) is 0 Å². The van der Waals surface area contributed by atoms with Crippen molar-refractivity contribution < 1.29 is 4.79 Å². The molecule has 0 fully saturated rings. The number of hydrogen-bond donors (Lipinski definition) is 2. The SMILES string of the molecule is CCC(CC)C(C)NC(=O)c1ccc2c(c1)CCN2. The van der Waals surface area contributed by atoms with Crippen molar-refractivity contribution >= 4 is 11.6 Å². The summed E-state index contributed by atoms with van der Waals surface area (Å²) in [4.78, 5) is 12.3. The van der Waals surface area contributed by atoms with Crippen molar-refractivity contribution in [1.82, 2.24) is 5.32 Å². The summed E-state index contributed by atoms with van der Waals surface area (Å²) in [5.41, 5.74) is 3.20. The lowest BCUT2D eigenvalue weighted by Crippen LogP contribution is -2.37. The highest BCUT2D eigenvalue weighted by atomic mass is 16.1. The monoisotopic (exact) mass is 260 g/mol. The van der Waals surface area contributed by atoms with Gasteiger partial charge in [-0.2, -0.15) is 0 Å². The molecule has 0 bridgehead atoms. The van der Waals surface area contributed by atoms with E-state index in [1.807, 2.05) is 18.2 Å². The molecule has 3 heteroatoms. The van der Waals surface area contributed by atoms with E-state index in [-0.39, 0.29) is 11.9 Å². The van der Waals surface area contributed by atoms with E-state index in [2.05, 4.69) is 31.4 Å². The minimum Gasteiger partial charge on any atom is -0.384 e.